The normalized spacial score (nSPS) is 35.0. The number of rotatable bonds is 1. The fraction of sp³-hybridized carbons (Fsp3) is 0.500. The van der Waals surface area contributed by atoms with Gasteiger partial charge in [-0.3, -0.25) is 9.59 Å². The molecule has 2 saturated carbocycles. The van der Waals surface area contributed by atoms with Crippen molar-refractivity contribution in [2.75, 3.05) is 4.90 Å². The lowest BCUT2D eigenvalue weighted by atomic mass is 9.81. The molecule has 2 aliphatic carbocycles. The number of nitrogens with zero attached hydrogens (tertiary/aromatic N) is 1. The maximum atomic E-state index is 13.7. The summed E-state index contributed by atoms with van der Waals surface area (Å²) in [5.41, 5.74) is 0.907. The van der Waals surface area contributed by atoms with Crippen LogP contribution >= 0.6 is 0 Å². The first kappa shape index (κ1) is 12.1. The van der Waals surface area contributed by atoms with E-state index in [1.54, 1.807) is 19.1 Å². The van der Waals surface area contributed by atoms with Gasteiger partial charge in [0.2, 0.25) is 11.8 Å². The molecular formula is C16H16FNO2. The summed E-state index contributed by atoms with van der Waals surface area (Å²) >= 11 is 0. The third kappa shape index (κ3) is 1.39. The number of amides is 2. The molecule has 0 radical (unpaired) electrons. The highest BCUT2D eigenvalue weighted by molar-refractivity contribution is 6.22. The lowest BCUT2D eigenvalue weighted by Crippen LogP contribution is -2.32. The molecule has 20 heavy (non-hydrogen) atoms. The molecule has 2 amide bonds. The summed E-state index contributed by atoms with van der Waals surface area (Å²) in [5, 5.41) is 0. The molecule has 0 unspecified atom stereocenters. The zero-order valence-electron chi connectivity index (χ0n) is 11.3. The predicted octanol–water partition coefficient (Wildman–Crippen LogP) is 2.67. The van der Waals surface area contributed by atoms with Crippen molar-refractivity contribution in [1.82, 2.24) is 0 Å². The van der Waals surface area contributed by atoms with E-state index in [0.29, 0.717) is 23.1 Å². The summed E-state index contributed by atoms with van der Waals surface area (Å²) in [7, 11) is 0. The zero-order chi connectivity index (χ0) is 14.0. The predicted molar refractivity (Wildman–Crippen MR) is 71.4 cm³/mol. The molecule has 4 rings (SSSR count). The fourth-order valence-electron chi connectivity index (χ4n) is 4.38. The smallest absolute Gasteiger partial charge is 0.237 e. The van der Waals surface area contributed by atoms with Crippen LogP contribution in [0.15, 0.2) is 18.2 Å². The second kappa shape index (κ2) is 3.90. The van der Waals surface area contributed by atoms with Crippen LogP contribution in [0.2, 0.25) is 0 Å². The highest BCUT2D eigenvalue weighted by atomic mass is 19.1. The van der Waals surface area contributed by atoms with E-state index >= 15 is 0 Å². The average Bonchev–Trinajstić information content (AvgIpc) is 3.08. The number of benzene rings is 1. The van der Waals surface area contributed by atoms with Gasteiger partial charge in [0.1, 0.15) is 5.82 Å². The van der Waals surface area contributed by atoms with E-state index in [4.69, 9.17) is 0 Å². The third-order valence-corrected chi connectivity index (χ3v) is 5.34. The number of halogens is 1. The Labute approximate surface area is 116 Å². The van der Waals surface area contributed by atoms with E-state index in [9.17, 15) is 14.0 Å². The Morgan fingerprint density at radius 3 is 2.25 bits per heavy atom. The van der Waals surface area contributed by atoms with Crippen LogP contribution in [0.3, 0.4) is 0 Å². The molecule has 1 heterocycles. The van der Waals surface area contributed by atoms with Crippen molar-refractivity contribution < 1.29 is 14.0 Å². The molecule has 104 valence electrons. The number of carbonyl (C=O) groups excluding carboxylic acids is 2. The van der Waals surface area contributed by atoms with Gasteiger partial charge in [-0.05, 0) is 55.7 Å². The number of carbonyl (C=O) groups is 2. The first-order valence-electron chi connectivity index (χ1n) is 7.22. The van der Waals surface area contributed by atoms with Gasteiger partial charge in [0.05, 0.1) is 17.5 Å². The minimum atomic E-state index is -0.372. The molecule has 3 fully saturated rings. The molecule has 0 N–H and O–H groups in total. The fourth-order valence-corrected chi connectivity index (χ4v) is 4.38. The maximum absolute atomic E-state index is 13.7. The molecule has 0 spiro atoms. The number of aryl methyl sites for hydroxylation is 1. The molecule has 3 nitrogen and oxygen atoms in total. The Kier molecular flexibility index (Phi) is 2.35. The van der Waals surface area contributed by atoms with Crippen molar-refractivity contribution in [2.24, 2.45) is 23.7 Å². The molecular weight excluding hydrogens is 257 g/mol. The van der Waals surface area contributed by atoms with Gasteiger partial charge in [-0.2, -0.15) is 0 Å². The van der Waals surface area contributed by atoms with E-state index in [2.05, 4.69) is 0 Å². The summed E-state index contributed by atoms with van der Waals surface area (Å²) in [5.74, 6) is -0.172. The van der Waals surface area contributed by atoms with E-state index < -0.39 is 0 Å². The lowest BCUT2D eigenvalue weighted by Gasteiger charge is -2.19. The minimum Gasteiger partial charge on any atom is -0.274 e. The Morgan fingerprint density at radius 2 is 1.70 bits per heavy atom. The van der Waals surface area contributed by atoms with Crippen LogP contribution in [-0.4, -0.2) is 11.8 Å². The number of anilines is 1. The van der Waals surface area contributed by atoms with Gasteiger partial charge in [0.25, 0.3) is 0 Å². The Balaban J connectivity index is 1.74. The summed E-state index contributed by atoms with van der Waals surface area (Å²) < 4.78 is 13.7. The van der Waals surface area contributed by atoms with Crippen molar-refractivity contribution in [3.05, 3.63) is 29.6 Å². The van der Waals surface area contributed by atoms with Crippen LogP contribution in [-0.2, 0) is 9.59 Å². The SMILES string of the molecule is Cc1ccc(N2C(=O)[C@@H]3[C@H]4CC[C@@H](C4)[C@H]3C2=O)cc1F. The van der Waals surface area contributed by atoms with Crippen molar-refractivity contribution in [3.8, 4) is 0 Å². The molecule has 1 saturated heterocycles. The van der Waals surface area contributed by atoms with Gasteiger partial charge in [0, 0.05) is 0 Å². The molecule has 4 atom stereocenters. The van der Waals surface area contributed by atoms with Gasteiger partial charge in [-0.1, -0.05) is 6.07 Å². The van der Waals surface area contributed by atoms with Gasteiger partial charge in [-0.25, -0.2) is 9.29 Å². The maximum Gasteiger partial charge on any atom is 0.237 e. The monoisotopic (exact) mass is 273 g/mol. The van der Waals surface area contributed by atoms with Crippen LogP contribution in [0.25, 0.3) is 0 Å². The summed E-state index contributed by atoms with van der Waals surface area (Å²) in [6.07, 6.45) is 3.13. The Hall–Kier alpha value is -1.71. The number of imide groups is 1. The van der Waals surface area contributed by atoms with E-state index in [1.807, 2.05) is 0 Å². The molecule has 4 heteroatoms. The zero-order valence-corrected chi connectivity index (χ0v) is 11.3. The van der Waals surface area contributed by atoms with Crippen molar-refractivity contribution in [3.63, 3.8) is 0 Å². The second-order valence-electron chi connectivity index (χ2n) is 6.33. The van der Waals surface area contributed by atoms with Crippen LogP contribution in [0.1, 0.15) is 24.8 Å². The topological polar surface area (TPSA) is 37.4 Å². The molecule has 3 aliphatic rings. The summed E-state index contributed by atoms with van der Waals surface area (Å²) in [6.45, 7) is 1.67. The van der Waals surface area contributed by atoms with E-state index in [1.165, 1.54) is 11.0 Å². The van der Waals surface area contributed by atoms with Gasteiger partial charge >= 0.3 is 0 Å². The number of fused-ring (bicyclic) bond motifs is 5. The molecule has 1 aliphatic heterocycles. The van der Waals surface area contributed by atoms with Crippen LogP contribution in [0.5, 0.6) is 0 Å². The Morgan fingerprint density at radius 1 is 1.10 bits per heavy atom. The molecule has 2 bridgehead atoms. The van der Waals surface area contributed by atoms with Gasteiger partial charge < -0.3 is 0 Å². The standard InChI is InChI=1S/C16H16FNO2/c1-8-2-5-11(7-12(8)17)18-15(19)13-9-3-4-10(6-9)14(13)16(18)20/h2,5,7,9-10,13-14H,3-4,6H2,1H3/t9-,10-,13+,14+/m0/s1. The second-order valence-corrected chi connectivity index (χ2v) is 6.33. The quantitative estimate of drug-likeness (QED) is 0.738. The van der Waals surface area contributed by atoms with Crippen molar-refractivity contribution in [2.45, 2.75) is 26.2 Å². The molecule has 1 aromatic rings. The molecule has 1 aromatic carbocycles. The van der Waals surface area contributed by atoms with E-state index in [0.717, 1.165) is 19.3 Å². The summed E-state index contributed by atoms with van der Waals surface area (Å²) in [4.78, 5) is 26.4. The van der Waals surface area contributed by atoms with Crippen LogP contribution in [0.4, 0.5) is 10.1 Å². The summed E-state index contributed by atoms with van der Waals surface area (Å²) in [6, 6.07) is 4.58. The highest BCUT2D eigenvalue weighted by Gasteiger charge is 2.61. The first-order valence-corrected chi connectivity index (χ1v) is 7.22. The third-order valence-electron chi connectivity index (χ3n) is 5.34. The van der Waals surface area contributed by atoms with Gasteiger partial charge in [0.15, 0.2) is 0 Å². The largest absolute Gasteiger partial charge is 0.274 e. The minimum absolute atomic E-state index is 0.115. The van der Waals surface area contributed by atoms with Gasteiger partial charge in [-0.15, -0.1) is 0 Å². The first-order chi connectivity index (χ1) is 9.58. The van der Waals surface area contributed by atoms with E-state index in [-0.39, 0.29) is 29.5 Å². The van der Waals surface area contributed by atoms with Crippen LogP contribution in [0, 0.1) is 36.4 Å². The number of hydrogen-bond donors (Lipinski definition) is 0. The Bertz CT molecular complexity index is 599. The average molecular weight is 273 g/mol. The van der Waals surface area contributed by atoms with Crippen molar-refractivity contribution in [1.29, 1.82) is 0 Å². The lowest BCUT2D eigenvalue weighted by molar-refractivity contribution is -0.123. The van der Waals surface area contributed by atoms with Crippen LogP contribution < -0.4 is 4.90 Å². The van der Waals surface area contributed by atoms with Crippen molar-refractivity contribution >= 4 is 17.5 Å². The highest BCUT2D eigenvalue weighted by Crippen LogP contribution is 2.56. The molecule has 0 aromatic heterocycles. The number of hydrogen-bond acceptors (Lipinski definition) is 2.